The largest absolute Gasteiger partial charge is 0.479 e. The predicted octanol–water partition coefficient (Wildman–Crippen LogP) is 4.44. The highest BCUT2D eigenvalue weighted by Gasteiger charge is 2.18. The zero-order chi connectivity index (χ0) is 19.2. The highest BCUT2D eigenvalue weighted by Crippen LogP contribution is 2.23. The number of ether oxygens (including phenoxy) is 2. The van der Waals surface area contributed by atoms with Crippen molar-refractivity contribution in [1.82, 2.24) is 0 Å². The maximum atomic E-state index is 12.1. The number of anilines is 1. The Bertz CT molecular complexity index is 951. The fourth-order valence-electron chi connectivity index (χ4n) is 2.54. The van der Waals surface area contributed by atoms with Crippen LogP contribution in [0.4, 0.5) is 5.69 Å². The predicted molar refractivity (Wildman–Crippen MR) is 105 cm³/mol. The number of esters is 1. The van der Waals surface area contributed by atoms with E-state index in [0.29, 0.717) is 16.5 Å². The Kier molecular flexibility index (Phi) is 5.94. The molecule has 0 fully saturated rings. The maximum absolute atomic E-state index is 12.1. The van der Waals surface area contributed by atoms with E-state index in [2.05, 4.69) is 5.32 Å². The van der Waals surface area contributed by atoms with Crippen molar-refractivity contribution in [2.45, 2.75) is 13.0 Å². The molecule has 0 aliphatic carbocycles. The second-order valence-corrected chi connectivity index (χ2v) is 6.33. The van der Waals surface area contributed by atoms with Crippen molar-refractivity contribution in [2.75, 3.05) is 11.9 Å². The molecular weight excluding hydrogens is 366 g/mol. The van der Waals surface area contributed by atoms with Gasteiger partial charge in [0.05, 0.1) is 0 Å². The van der Waals surface area contributed by atoms with Crippen LogP contribution in [0.5, 0.6) is 5.75 Å². The normalized spacial score (nSPS) is 11.6. The molecule has 138 valence electrons. The molecule has 5 nitrogen and oxygen atoms in total. The Morgan fingerprint density at radius 2 is 1.70 bits per heavy atom. The van der Waals surface area contributed by atoms with Crippen LogP contribution in [0, 0.1) is 0 Å². The molecule has 3 aromatic carbocycles. The lowest BCUT2D eigenvalue weighted by molar-refractivity contribution is -0.153. The summed E-state index contributed by atoms with van der Waals surface area (Å²) < 4.78 is 10.5. The molecule has 0 spiro atoms. The Balaban J connectivity index is 1.53. The second kappa shape index (κ2) is 8.56. The average Bonchev–Trinajstić information content (AvgIpc) is 2.68. The van der Waals surface area contributed by atoms with Crippen LogP contribution in [0.3, 0.4) is 0 Å². The fraction of sp³-hybridized carbons (Fsp3) is 0.143. The molecule has 27 heavy (non-hydrogen) atoms. The molecule has 0 saturated carbocycles. The third-order valence-electron chi connectivity index (χ3n) is 3.87. The van der Waals surface area contributed by atoms with Crippen molar-refractivity contribution in [3.8, 4) is 5.75 Å². The number of nitrogens with one attached hydrogen (secondary N) is 1. The summed E-state index contributed by atoms with van der Waals surface area (Å²) in [4.78, 5) is 24.2. The van der Waals surface area contributed by atoms with Crippen molar-refractivity contribution < 1.29 is 19.1 Å². The summed E-state index contributed by atoms with van der Waals surface area (Å²) in [5, 5.41) is 5.26. The van der Waals surface area contributed by atoms with Gasteiger partial charge in [0.25, 0.3) is 5.91 Å². The van der Waals surface area contributed by atoms with E-state index in [1.807, 2.05) is 36.4 Å². The number of halogens is 1. The van der Waals surface area contributed by atoms with Crippen LogP contribution in [0.1, 0.15) is 6.92 Å². The summed E-state index contributed by atoms with van der Waals surface area (Å²) in [6.07, 6.45) is -0.850. The SMILES string of the molecule is CC(Oc1ccc(Cl)cc1)C(=O)OCC(=O)Nc1cccc2ccccc12. The van der Waals surface area contributed by atoms with Crippen LogP contribution in [-0.2, 0) is 14.3 Å². The quantitative estimate of drug-likeness (QED) is 0.639. The monoisotopic (exact) mass is 383 g/mol. The minimum atomic E-state index is -0.850. The van der Waals surface area contributed by atoms with Gasteiger partial charge in [-0.3, -0.25) is 4.79 Å². The molecule has 1 unspecified atom stereocenters. The van der Waals surface area contributed by atoms with Gasteiger partial charge in [0, 0.05) is 16.1 Å². The zero-order valence-electron chi connectivity index (χ0n) is 14.6. The van der Waals surface area contributed by atoms with E-state index < -0.39 is 24.6 Å². The van der Waals surface area contributed by atoms with Gasteiger partial charge in [-0.15, -0.1) is 0 Å². The molecule has 1 amide bonds. The van der Waals surface area contributed by atoms with Gasteiger partial charge in [0.2, 0.25) is 0 Å². The highest BCUT2D eigenvalue weighted by molar-refractivity contribution is 6.30. The van der Waals surface area contributed by atoms with Crippen molar-refractivity contribution >= 4 is 39.9 Å². The molecular formula is C21H18ClNO4. The average molecular weight is 384 g/mol. The lowest BCUT2D eigenvalue weighted by Gasteiger charge is -2.14. The zero-order valence-corrected chi connectivity index (χ0v) is 15.4. The molecule has 6 heteroatoms. The number of carbonyl (C=O) groups is 2. The third-order valence-corrected chi connectivity index (χ3v) is 4.12. The first-order valence-electron chi connectivity index (χ1n) is 8.39. The molecule has 0 heterocycles. The molecule has 0 aromatic heterocycles. The number of hydrogen-bond donors (Lipinski definition) is 1. The first-order chi connectivity index (χ1) is 13.0. The molecule has 0 radical (unpaired) electrons. The van der Waals surface area contributed by atoms with E-state index >= 15 is 0 Å². The number of carbonyl (C=O) groups excluding carboxylic acids is 2. The summed E-state index contributed by atoms with van der Waals surface area (Å²) in [6, 6.07) is 19.9. The van der Waals surface area contributed by atoms with E-state index in [4.69, 9.17) is 21.1 Å². The standard InChI is InChI=1S/C21H18ClNO4/c1-14(27-17-11-9-16(22)10-12-17)21(25)26-13-20(24)23-19-8-4-6-15-5-2-3-7-18(15)19/h2-12,14H,13H2,1H3,(H,23,24). The van der Waals surface area contributed by atoms with Gasteiger partial charge in [-0.25, -0.2) is 4.79 Å². The summed E-state index contributed by atoms with van der Waals surface area (Å²) in [5.41, 5.74) is 0.666. The third kappa shape index (κ3) is 4.99. The van der Waals surface area contributed by atoms with Gasteiger partial charge in [0.1, 0.15) is 5.75 Å². The lowest BCUT2D eigenvalue weighted by atomic mass is 10.1. The number of rotatable bonds is 6. The molecule has 3 rings (SSSR count). The van der Waals surface area contributed by atoms with E-state index in [1.165, 1.54) is 0 Å². The van der Waals surface area contributed by atoms with Gasteiger partial charge < -0.3 is 14.8 Å². The van der Waals surface area contributed by atoms with E-state index in [0.717, 1.165) is 10.8 Å². The van der Waals surface area contributed by atoms with Crippen molar-refractivity contribution in [3.63, 3.8) is 0 Å². The van der Waals surface area contributed by atoms with Gasteiger partial charge in [0.15, 0.2) is 12.7 Å². The first kappa shape index (κ1) is 18.7. The van der Waals surface area contributed by atoms with Crippen LogP contribution in [0.2, 0.25) is 5.02 Å². The number of benzene rings is 3. The Morgan fingerprint density at radius 3 is 2.48 bits per heavy atom. The smallest absolute Gasteiger partial charge is 0.347 e. The molecule has 1 atom stereocenters. The Morgan fingerprint density at radius 1 is 1.00 bits per heavy atom. The summed E-state index contributed by atoms with van der Waals surface area (Å²) in [7, 11) is 0. The van der Waals surface area contributed by atoms with Crippen molar-refractivity contribution in [2.24, 2.45) is 0 Å². The second-order valence-electron chi connectivity index (χ2n) is 5.90. The van der Waals surface area contributed by atoms with Crippen LogP contribution in [-0.4, -0.2) is 24.6 Å². The minimum Gasteiger partial charge on any atom is -0.479 e. The van der Waals surface area contributed by atoms with Gasteiger partial charge in [-0.2, -0.15) is 0 Å². The molecule has 0 aliphatic rings. The number of amides is 1. The van der Waals surface area contributed by atoms with Crippen LogP contribution in [0.25, 0.3) is 10.8 Å². The molecule has 0 bridgehead atoms. The van der Waals surface area contributed by atoms with Crippen LogP contribution < -0.4 is 10.1 Å². The summed E-state index contributed by atoms with van der Waals surface area (Å²) in [5.74, 6) is -0.555. The van der Waals surface area contributed by atoms with Gasteiger partial charge >= 0.3 is 5.97 Å². The topological polar surface area (TPSA) is 64.6 Å². The van der Waals surface area contributed by atoms with E-state index in [1.54, 1.807) is 37.3 Å². The van der Waals surface area contributed by atoms with Crippen molar-refractivity contribution in [1.29, 1.82) is 0 Å². The summed E-state index contributed by atoms with van der Waals surface area (Å²) in [6.45, 7) is 1.16. The van der Waals surface area contributed by atoms with Gasteiger partial charge in [-0.05, 0) is 42.6 Å². The van der Waals surface area contributed by atoms with E-state index in [-0.39, 0.29) is 0 Å². The van der Waals surface area contributed by atoms with Crippen LogP contribution >= 0.6 is 11.6 Å². The molecule has 0 saturated heterocycles. The number of hydrogen-bond acceptors (Lipinski definition) is 4. The van der Waals surface area contributed by atoms with Gasteiger partial charge in [-0.1, -0.05) is 48.0 Å². The molecule has 1 N–H and O–H groups in total. The lowest BCUT2D eigenvalue weighted by Crippen LogP contribution is -2.29. The van der Waals surface area contributed by atoms with Crippen LogP contribution in [0.15, 0.2) is 66.7 Å². The number of fused-ring (bicyclic) bond motifs is 1. The first-order valence-corrected chi connectivity index (χ1v) is 8.77. The molecule has 3 aromatic rings. The Labute approximate surface area is 161 Å². The maximum Gasteiger partial charge on any atom is 0.347 e. The Hall–Kier alpha value is -3.05. The summed E-state index contributed by atoms with van der Waals surface area (Å²) >= 11 is 5.81. The molecule has 0 aliphatic heterocycles. The highest BCUT2D eigenvalue weighted by atomic mass is 35.5. The fourth-order valence-corrected chi connectivity index (χ4v) is 2.67. The van der Waals surface area contributed by atoms with E-state index in [9.17, 15) is 9.59 Å². The minimum absolute atomic E-state index is 0.392. The van der Waals surface area contributed by atoms with Crippen molar-refractivity contribution in [3.05, 3.63) is 71.8 Å².